The van der Waals surface area contributed by atoms with E-state index in [9.17, 15) is 0 Å². The van der Waals surface area contributed by atoms with Gasteiger partial charge in [0.25, 0.3) is 0 Å². The van der Waals surface area contributed by atoms with Crippen molar-refractivity contribution in [2.45, 2.75) is 43.6 Å². The van der Waals surface area contributed by atoms with Crippen molar-refractivity contribution in [2.24, 2.45) is 29.1 Å². The molecule has 0 aromatic heterocycles. The van der Waals surface area contributed by atoms with E-state index in [0.29, 0.717) is 12.0 Å². The van der Waals surface area contributed by atoms with Crippen molar-refractivity contribution in [3.63, 3.8) is 0 Å². The van der Waals surface area contributed by atoms with E-state index in [-0.39, 0.29) is 0 Å². The summed E-state index contributed by atoms with van der Waals surface area (Å²) in [6.07, 6.45) is 15.0. The molecule has 2 bridgehead atoms. The standard InChI is InChI=1S/C60H48N2/c1-2-13-49-43(10-1)33-59(51-15-4-3-14-50(49)51)61(47-30-26-41(27-31-47)55-37-60-44-34-45(60)36-56(60)54(55)35-44)46-28-24-39(25-29-46)38-20-22-40(23-21-38)42-11-9-12-48(32-42)62-57-18-7-5-16-52(57)53-17-6-8-19-58(53)62/h1-33,44-45,52,54-57H,34-37H2/t44-,45-,52?,54-,55?,56-,57?,60?/m0/s1. The highest BCUT2D eigenvalue weighted by atomic mass is 15.2. The Morgan fingerprint density at radius 1 is 0.516 bits per heavy atom. The van der Waals surface area contributed by atoms with Crippen LogP contribution in [-0.2, 0) is 0 Å². The molecule has 62 heavy (non-hydrogen) atoms. The normalized spacial score (nSPS) is 26.8. The first-order valence-corrected chi connectivity index (χ1v) is 23.0. The highest BCUT2D eigenvalue weighted by molar-refractivity contribution is 6.14. The Bertz CT molecular complexity index is 3140. The predicted octanol–water partition coefficient (Wildman–Crippen LogP) is 15.7. The van der Waals surface area contributed by atoms with Gasteiger partial charge in [0.2, 0.25) is 0 Å². The Hall–Kier alpha value is -6.64. The lowest BCUT2D eigenvalue weighted by molar-refractivity contribution is -0.149. The number of hydrogen-bond acceptors (Lipinski definition) is 2. The van der Waals surface area contributed by atoms with Gasteiger partial charge in [-0.3, -0.25) is 0 Å². The summed E-state index contributed by atoms with van der Waals surface area (Å²) < 4.78 is 0. The minimum Gasteiger partial charge on any atom is -0.333 e. The Morgan fingerprint density at radius 3 is 1.97 bits per heavy atom. The van der Waals surface area contributed by atoms with Crippen LogP contribution in [0.1, 0.15) is 48.6 Å². The zero-order valence-corrected chi connectivity index (χ0v) is 34.8. The van der Waals surface area contributed by atoms with E-state index < -0.39 is 0 Å². The molecule has 2 nitrogen and oxygen atoms in total. The van der Waals surface area contributed by atoms with E-state index >= 15 is 0 Å². The van der Waals surface area contributed by atoms with Crippen LogP contribution in [0.3, 0.4) is 0 Å². The Balaban J connectivity index is 0.793. The van der Waals surface area contributed by atoms with Crippen LogP contribution in [0.5, 0.6) is 0 Å². The second-order valence-corrected chi connectivity index (χ2v) is 19.3. The molecule has 298 valence electrons. The molecule has 0 saturated heterocycles. The molecule has 1 aliphatic heterocycles. The van der Waals surface area contributed by atoms with Crippen molar-refractivity contribution in [1.29, 1.82) is 0 Å². The van der Waals surface area contributed by atoms with E-state index in [1.807, 2.05) is 0 Å². The second kappa shape index (κ2) is 13.2. The average Bonchev–Trinajstić information content (AvgIpc) is 3.80. The molecule has 8 aromatic carbocycles. The molecule has 8 atom stereocenters. The van der Waals surface area contributed by atoms with Gasteiger partial charge in [0.05, 0.1) is 11.7 Å². The summed E-state index contributed by atoms with van der Waals surface area (Å²) in [7, 11) is 0. The van der Waals surface area contributed by atoms with Gasteiger partial charge >= 0.3 is 0 Å². The van der Waals surface area contributed by atoms with Crippen molar-refractivity contribution in [2.75, 3.05) is 9.80 Å². The van der Waals surface area contributed by atoms with Crippen molar-refractivity contribution in [1.82, 2.24) is 0 Å². The van der Waals surface area contributed by atoms with Gasteiger partial charge in [0.1, 0.15) is 0 Å². The SMILES string of the molecule is C1=CC2c3ccccc3N(c3cccc(-c4ccc(-c5ccc(N(c6ccc(C7CC89[C@H]%10C[C@H]8C[C@H]9[C@H]7C%10)cc6)c6cc7ccccc7c7ccccc67)cc5)cc4)c3)C2C=C1. The monoisotopic (exact) mass is 796 g/mol. The maximum Gasteiger partial charge on any atom is 0.0629 e. The second-order valence-electron chi connectivity index (χ2n) is 19.3. The van der Waals surface area contributed by atoms with Crippen molar-refractivity contribution in [3.8, 4) is 22.3 Å². The minimum atomic E-state index is 0.292. The quantitative estimate of drug-likeness (QED) is 0.148. The summed E-state index contributed by atoms with van der Waals surface area (Å²) in [4.78, 5) is 5.01. The highest BCUT2D eigenvalue weighted by Gasteiger charge is 2.76. The Morgan fingerprint density at radius 2 is 1.18 bits per heavy atom. The molecule has 1 spiro atoms. The maximum atomic E-state index is 2.52. The molecular weight excluding hydrogens is 749 g/mol. The smallest absolute Gasteiger partial charge is 0.0629 e. The third-order valence-electron chi connectivity index (χ3n) is 16.8. The van der Waals surface area contributed by atoms with Gasteiger partial charge in [0.15, 0.2) is 0 Å². The molecule has 0 amide bonds. The lowest BCUT2D eigenvalue weighted by atomic mass is 9.41. The van der Waals surface area contributed by atoms with Gasteiger partial charge in [0, 0.05) is 34.1 Å². The number of anilines is 5. The number of rotatable bonds is 7. The number of fused-ring (bicyclic) bond motifs is 6. The fourth-order valence-corrected chi connectivity index (χ4v) is 14.1. The van der Waals surface area contributed by atoms with E-state index in [1.54, 1.807) is 5.56 Å². The van der Waals surface area contributed by atoms with Gasteiger partial charge in [-0.25, -0.2) is 0 Å². The van der Waals surface area contributed by atoms with Crippen LogP contribution < -0.4 is 9.80 Å². The third-order valence-corrected chi connectivity index (χ3v) is 16.8. The van der Waals surface area contributed by atoms with Crippen LogP contribution in [0.25, 0.3) is 43.8 Å². The zero-order valence-electron chi connectivity index (χ0n) is 34.8. The first kappa shape index (κ1) is 35.0. The zero-order chi connectivity index (χ0) is 40.5. The van der Waals surface area contributed by atoms with Crippen LogP contribution in [0.4, 0.5) is 28.4 Å². The Labute approximate surface area is 364 Å². The highest BCUT2D eigenvalue weighted by Crippen LogP contribution is 2.84. The van der Waals surface area contributed by atoms with Crippen molar-refractivity contribution < 1.29 is 0 Å². The van der Waals surface area contributed by atoms with E-state index in [0.717, 1.165) is 35.0 Å². The number of nitrogens with zero attached hydrogens (tertiary/aromatic N) is 2. The van der Waals surface area contributed by atoms with E-state index in [2.05, 4.69) is 210 Å². The van der Waals surface area contributed by atoms with Gasteiger partial charge in [-0.05, 0) is 159 Å². The molecular formula is C60H48N2. The molecule has 8 aromatic rings. The van der Waals surface area contributed by atoms with Crippen LogP contribution >= 0.6 is 0 Å². The minimum absolute atomic E-state index is 0.292. The maximum absolute atomic E-state index is 2.52. The van der Waals surface area contributed by atoms with Crippen molar-refractivity contribution in [3.05, 3.63) is 211 Å². The predicted molar refractivity (Wildman–Crippen MR) is 258 cm³/mol. The fraction of sp³-hybridized carbons (Fsp3) is 0.200. The largest absolute Gasteiger partial charge is 0.333 e. The van der Waals surface area contributed by atoms with Gasteiger partial charge in [-0.15, -0.1) is 0 Å². The molecule has 5 aliphatic carbocycles. The lowest BCUT2D eigenvalue weighted by Crippen LogP contribution is -2.57. The summed E-state index contributed by atoms with van der Waals surface area (Å²) >= 11 is 0. The summed E-state index contributed by atoms with van der Waals surface area (Å²) in [5.74, 6) is 5.12. The number of allylic oxidation sites excluding steroid dienone is 2. The third kappa shape index (κ3) is 4.92. The molecule has 4 unspecified atom stereocenters. The van der Waals surface area contributed by atoms with E-state index in [4.69, 9.17) is 0 Å². The Kier molecular flexibility index (Phi) is 7.44. The molecule has 2 heteroatoms. The number of hydrogen-bond donors (Lipinski definition) is 0. The summed E-state index contributed by atoms with van der Waals surface area (Å²) in [5, 5.41) is 5.11. The topological polar surface area (TPSA) is 6.48 Å². The van der Waals surface area contributed by atoms with Crippen LogP contribution in [-0.4, -0.2) is 6.04 Å². The van der Waals surface area contributed by atoms with Crippen LogP contribution in [0.2, 0.25) is 0 Å². The van der Waals surface area contributed by atoms with Gasteiger partial charge < -0.3 is 9.80 Å². The fourth-order valence-electron chi connectivity index (χ4n) is 14.1. The molecule has 0 N–H and O–H groups in total. The summed E-state index contributed by atoms with van der Waals surface area (Å²) in [6, 6.07) is 66.6. The van der Waals surface area contributed by atoms with Crippen LogP contribution in [0.15, 0.2) is 200 Å². The van der Waals surface area contributed by atoms with E-state index in [1.165, 1.54) is 103 Å². The average molecular weight is 797 g/mol. The summed E-state index contributed by atoms with van der Waals surface area (Å²) in [6.45, 7) is 0. The summed E-state index contributed by atoms with van der Waals surface area (Å²) in [5.41, 5.74) is 14.7. The number of benzene rings is 8. The van der Waals surface area contributed by atoms with Crippen LogP contribution in [0, 0.1) is 29.1 Å². The number of para-hydroxylation sites is 1. The van der Waals surface area contributed by atoms with Crippen molar-refractivity contribution >= 4 is 50.0 Å². The molecule has 4 fully saturated rings. The first-order valence-electron chi connectivity index (χ1n) is 23.0. The van der Waals surface area contributed by atoms with Gasteiger partial charge in [-0.1, -0.05) is 152 Å². The lowest BCUT2D eigenvalue weighted by Gasteiger charge is -2.64. The molecule has 14 rings (SSSR count). The molecule has 1 heterocycles. The molecule has 4 saturated carbocycles. The molecule has 6 aliphatic rings. The molecule has 0 radical (unpaired) electrons. The first-order chi connectivity index (χ1) is 30.7. The van der Waals surface area contributed by atoms with Gasteiger partial charge in [-0.2, -0.15) is 0 Å².